The molecule has 0 saturated heterocycles. The maximum Gasteiger partial charge on any atom is 0.530 e. The van der Waals surface area contributed by atoms with Gasteiger partial charge in [-0.25, -0.2) is 4.57 Å². The number of hydrogen-bond acceptors (Lipinski definition) is 5. The summed E-state index contributed by atoms with van der Waals surface area (Å²) in [5.74, 6) is 0.623. The molecular formula is C13H23O4PS. The standard InChI is InChI=1S/C13H23O4PS/c1-4-15-18(14,16-5-2)17-13(11-19-3)12-9-7-6-8-10-12/h9,11H,4-8,10H2,1-3H3/b13-11-. The normalized spacial score (nSPS) is 17.2. The zero-order valence-electron chi connectivity index (χ0n) is 11.9. The molecule has 1 aliphatic carbocycles. The molecule has 6 heteroatoms. The van der Waals surface area contributed by atoms with Gasteiger partial charge in [0.05, 0.1) is 13.2 Å². The zero-order valence-corrected chi connectivity index (χ0v) is 13.6. The lowest BCUT2D eigenvalue weighted by Crippen LogP contribution is -2.03. The predicted molar refractivity (Wildman–Crippen MR) is 80.1 cm³/mol. The van der Waals surface area contributed by atoms with Crippen LogP contribution >= 0.6 is 19.6 Å². The van der Waals surface area contributed by atoms with Crippen LogP contribution in [0.5, 0.6) is 0 Å². The van der Waals surface area contributed by atoms with Gasteiger partial charge in [0, 0.05) is 5.41 Å². The minimum absolute atomic E-state index is 0.295. The van der Waals surface area contributed by atoms with Crippen molar-refractivity contribution in [1.82, 2.24) is 0 Å². The van der Waals surface area contributed by atoms with E-state index in [-0.39, 0.29) is 0 Å². The van der Waals surface area contributed by atoms with Crippen molar-refractivity contribution in [1.29, 1.82) is 0 Å². The van der Waals surface area contributed by atoms with Gasteiger partial charge in [0.2, 0.25) is 0 Å². The van der Waals surface area contributed by atoms with Crippen LogP contribution in [0.25, 0.3) is 0 Å². The van der Waals surface area contributed by atoms with Crippen LogP contribution in [-0.4, -0.2) is 19.5 Å². The molecule has 0 radical (unpaired) electrons. The molecule has 0 N–H and O–H groups in total. The Morgan fingerprint density at radius 3 is 2.53 bits per heavy atom. The summed E-state index contributed by atoms with van der Waals surface area (Å²) >= 11 is 1.52. The van der Waals surface area contributed by atoms with Crippen LogP contribution in [0.1, 0.15) is 39.5 Å². The third kappa shape index (κ3) is 5.74. The third-order valence-electron chi connectivity index (χ3n) is 2.62. The van der Waals surface area contributed by atoms with Crippen LogP contribution in [0.15, 0.2) is 22.8 Å². The van der Waals surface area contributed by atoms with Gasteiger partial charge in [0.25, 0.3) is 0 Å². The highest BCUT2D eigenvalue weighted by molar-refractivity contribution is 8.01. The van der Waals surface area contributed by atoms with E-state index in [9.17, 15) is 4.57 Å². The van der Waals surface area contributed by atoms with Gasteiger partial charge in [-0.1, -0.05) is 6.08 Å². The van der Waals surface area contributed by atoms with E-state index in [2.05, 4.69) is 6.08 Å². The number of allylic oxidation sites excluding steroid dienone is 2. The van der Waals surface area contributed by atoms with Crippen molar-refractivity contribution in [3.05, 3.63) is 22.8 Å². The van der Waals surface area contributed by atoms with Crippen molar-refractivity contribution in [2.75, 3.05) is 19.5 Å². The molecule has 0 unspecified atom stereocenters. The van der Waals surface area contributed by atoms with E-state index in [4.69, 9.17) is 13.6 Å². The van der Waals surface area contributed by atoms with Crippen LogP contribution in [0.3, 0.4) is 0 Å². The maximum atomic E-state index is 12.4. The molecule has 0 spiro atoms. The van der Waals surface area contributed by atoms with Crippen LogP contribution in [0.4, 0.5) is 0 Å². The third-order valence-corrected chi connectivity index (χ3v) is 4.64. The first kappa shape index (κ1) is 16.8. The van der Waals surface area contributed by atoms with Gasteiger partial charge in [-0.2, -0.15) is 0 Å². The van der Waals surface area contributed by atoms with Crippen molar-refractivity contribution < 1.29 is 18.1 Å². The second-order valence-electron chi connectivity index (χ2n) is 4.07. The summed E-state index contributed by atoms with van der Waals surface area (Å²) in [6, 6.07) is 0. The van der Waals surface area contributed by atoms with E-state index in [0.29, 0.717) is 19.0 Å². The Labute approximate surface area is 120 Å². The quantitative estimate of drug-likeness (QED) is 0.472. The predicted octanol–water partition coefficient (Wildman–Crippen LogP) is 4.89. The fraction of sp³-hybridized carbons (Fsp3) is 0.692. The first-order valence-electron chi connectivity index (χ1n) is 6.66. The number of phosphoric acid groups is 1. The van der Waals surface area contributed by atoms with E-state index in [1.54, 1.807) is 13.8 Å². The van der Waals surface area contributed by atoms with Gasteiger partial charge in [-0.05, 0) is 51.4 Å². The highest BCUT2D eigenvalue weighted by Gasteiger charge is 2.29. The molecule has 0 amide bonds. The van der Waals surface area contributed by atoms with Crippen molar-refractivity contribution in [2.24, 2.45) is 0 Å². The summed E-state index contributed by atoms with van der Waals surface area (Å²) in [7, 11) is -3.49. The summed E-state index contributed by atoms with van der Waals surface area (Å²) in [5, 5.41) is 1.86. The maximum absolute atomic E-state index is 12.4. The summed E-state index contributed by atoms with van der Waals surface area (Å²) in [6.07, 6.45) is 8.41. The molecule has 0 heterocycles. The van der Waals surface area contributed by atoms with Crippen LogP contribution in [0, 0.1) is 0 Å². The lowest BCUT2D eigenvalue weighted by Gasteiger charge is -2.22. The fourth-order valence-corrected chi connectivity index (χ4v) is 3.56. The van der Waals surface area contributed by atoms with Crippen LogP contribution in [0.2, 0.25) is 0 Å². The van der Waals surface area contributed by atoms with Gasteiger partial charge in [-0.3, -0.25) is 9.05 Å². The van der Waals surface area contributed by atoms with Gasteiger partial charge in [-0.15, -0.1) is 11.8 Å². The Balaban J connectivity index is 2.84. The summed E-state index contributed by atoms with van der Waals surface area (Å²) in [4.78, 5) is 0. The molecule has 0 aliphatic heterocycles. The Morgan fingerprint density at radius 2 is 2.05 bits per heavy atom. The van der Waals surface area contributed by atoms with Crippen molar-refractivity contribution in [3.63, 3.8) is 0 Å². The number of thioether (sulfide) groups is 1. The summed E-state index contributed by atoms with van der Waals surface area (Å²) in [6.45, 7) is 4.13. The fourth-order valence-electron chi connectivity index (χ4n) is 1.85. The number of phosphoric ester groups is 1. The molecule has 4 nitrogen and oxygen atoms in total. The van der Waals surface area contributed by atoms with Crippen molar-refractivity contribution >= 4 is 19.6 Å². The van der Waals surface area contributed by atoms with E-state index in [1.807, 2.05) is 11.7 Å². The second-order valence-corrected chi connectivity index (χ2v) is 6.37. The number of rotatable bonds is 8. The highest BCUT2D eigenvalue weighted by Crippen LogP contribution is 2.52. The van der Waals surface area contributed by atoms with Crippen LogP contribution < -0.4 is 0 Å². The first-order chi connectivity index (χ1) is 9.15. The molecule has 0 aromatic carbocycles. The van der Waals surface area contributed by atoms with E-state index in [0.717, 1.165) is 24.8 Å². The van der Waals surface area contributed by atoms with E-state index < -0.39 is 7.82 Å². The SMILES string of the molecule is CCOP(=O)(OCC)O/C(=C\SC)C1=CCCCC1. The summed E-state index contributed by atoms with van der Waals surface area (Å²) in [5.41, 5.74) is 1.10. The molecular weight excluding hydrogens is 283 g/mol. The smallest absolute Gasteiger partial charge is 0.403 e. The van der Waals surface area contributed by atoms with Gasteiger partial charge in [0.15, 0.2) is 0 Å². The van der Waals surface area contributed by atoms with Gasteiger partial charge in [0.1, 0.15) is 5.76 Å². The average Bonchev–Trinajstić information content (AvgIpc) is 2.40. The molecule has 1 aliphatic rings. The molecule has 0 fully saturated rings. The van der Waals surface area contributed by atoms with Gasteiger partial charge >= 0.3 is 7.82 Å². The molecule has 0 saturated carbocycles. The van der Waals surface area contributed by atoms with Crippen LogP contribution in [-0.2, 0) is 18.1 Å². The monoisotopic (exact) mass is 306 g/mol. The minimum atomic E-state index is -3.49. The molecule has 1 rings (SSSR count). The average molecular weight is 306 g/mol. The molecule has 0 aromatic rings. The highest BCUT2D eigenvalue weighted by atomic mass is 32.2. The Morgan fingerprint density at radius 1 is 1.37 bits per heavy atom. The number of hydrogen-bond donors (Lipinski definition) is 0. The molecule has 0 bridgehead atoms. The largest absolute Gasteiger partial charge is 0.530 e. The lowest BCUT2D eigenvalue weighted by molar-refractivity contribution is 0.147. The topological polar surface area (TPSA) is 44.8 Å². The molecule has 110 valence electrons. The molecule has 0 aromatic heterocycles. The Kier molecular flexibility index (Phi) is 7.84. The first-order valence-corrected chi connectivity index (χ1v) is 9.41. The van der Waals surface area contributed by atoms with E-state index >= 15 is 0 Å². The Bertz CT molecular complexity index is 369. The zero-order chi connectivity index (χ0) is 14.1. The van der Waals surface area contributed by atoms with Crippen molar-refractivity contribution in [3.8, 4) is 0 Å². The minimum Gasteiger partial charge on any atom is -0.403 e. The molecule has 0 atom stereocenters. The second kappa shape index (κ2) is 8.85. The van der Waals surface area contributed by atoms with E-state index in [1.165, 1.54) is 18.2 Å². The Hall–Kier alpha value is -0.220. The lowest BCUT2D eigenvalue weighted by atomic mass is 9.99. The van der Waals surface area contributed by atoms with Crippen molar-refractivity contribution in [2.45, 2.75) is 39.5 Å². The summed E-state index contributed by atoms with van der Waals surface area (Å²) < 4.78 is 28.3. The molecule has 19 heavy (non-hydrogen) atoms. The van der Waals surface area contributed by atoms with Gasteiger partial charge < -0.3 is 4.52 Å².